The normalized spacial score (nSPS) is 27.1. The summed E-state index contributed by atoms with van der Waals surface area (Å²) in [6.45, 7) is 3.62. The van der Waals surface area contributed by atoms with Crippen LogP contribution in [-0.4, -0.2) is 45.6 Å². The molecule has 4 atom stereocenters. The molecule has 37 heavy (non-hydrogen) atoms. The van der Waals surface area contributed by atoms with Gasteiger partial charge in [0.1, 0.15) is 17.7 Å². The second-order valence-corrected chi connectivity index (χ2v) is 11.3. The molecule has 0 spiro atoms. The molecule has 1 N–H and O–H groups in total. The van der Waals surface area contributed by atoms with Crippen molar-refractivity contribution in [1.29, 1.82) is 0 Å². The molecule has 202 valence electrons. The number of halogens is 2. The maximum absolute atomic E-state index is 13.9. The number of fused-ring (bicyclic) bond motifs is 3. The lowest BCUT2D eigenvalue weighted by molar-refractivity contribution is -0.122. The molecule has 7 nitrogen and oxygen atoms in total. The van der Waals surface area contributed by atoms with Crippen LogP contribution in [0.25, 0.3) is 11.0 Å². The summed E-state index contributed by atoms with van der Waals surface area (Å²) < 4.78 is 34.9. The molecule has 0 bridgehead atoms. The molecule has 2 fully saturated rings. The molecule has 2 saturated carbocycles. The molecule has 1 aromatic carbocycles. The zero-order chi connectivity index (χ0) is 26.5. The number of Topliss-reactive ketones (excluding diaryl/α,β-unsaturated/α-hetero) is 1. The van der Waals surface area contributed by atoms with Gasteiger partial charge in [0.05, 0.1) is 23.8 Å². The molecular weight excluding hydrogens is 480 g/mol. The predicted molar refractivity (Wildman–Crippen MR) is 136 cm³/mol. The number of methoxy groups -OCH3 is 1. The number of hydrogen-bond donors (Lipinski definition) is 1. The molecule has 2 aliphatic carbocycles. The number of carbonyl (C=O) groups is 2. The third-order valence-corrected chi connectivity index (χ3v) is 8.91. The van der Waals surface area contributed by atoms with Crippen molar-refractivity contribution < 1.29 is 28.2 Å². The Morgan fingerprint density at radius 1 is 1.16 bits per heavy atom. The van der Waals surface area contributed by atoms with Crippen LogP contribution in [0.15, 0.2) is 12.1 Å². The Labute approximate surface area is 216 Å². The fraction of sp³-hybridized carbons (Fsp3) is 0.679. The number of alkyl halides is 2. The predicted octanol–water partition coefficient (Wildman–Crippen LogP) is 6.12. The van der Waals surface area contributed by atoms with Gasteiger partial charge < -0.3 is 14.4 Å². The van der Waals surface area contributed by atoms with Gasteiger partial charge in [-0.1, -0.05) is 6.42 Å². The number of amides is 1. The van der Waals surface area contributed by atoms with Gasteiger partial charge in [-0.15, -0.1) is 0 Å². The summed E-state index contributed by atoms with van der Waals surface area (Å²) in [6, 6.07) is 3.82. The summed E-state index contributed by atoms with van der Waals surface area (Å²) in [5, 5.41) is 11.5. The molecule has 0 radical (unpaired) electrons. The number of ether oxygens (including phenoxy) is 1. The van der Waals surface area contributed by atoms with Crippen LogP contribution in [0.3, 0.4) is 0 Å². The summed E-state index contributed by atoms with van der Waals surface area (Å²) in [7, 11) is 1.37. The average molecular weight is 518 g/mol. The fourth-order valence-corrected chi connectivity index (χ4v) is 6.74. The SMILES string of the molecule is COC(=O)N1c2ccc3c(nc([C@H](O)C4CCC(F)(F)CC4)n3[C@@H]3CCC[C@@H](C(C)=O)C3)c2CC[C@@H]1C. The van der Waals surface area contributed by atoms with Crippen LogP contribution in [-0.2, 0) is 16.0 Å². The Morgan fingerprint density at radius 3 is 2.57 bits per heavy atom. The maximum atomic E-state index is 13.9. The van der Waals surface area contributed by atoms with E-state index in [2.05, 4.69) is 4.57 Å². The van der Waals surface area contributed by atoms with Crippen LogP contribution < -0.4 is 4.90 Å². The lowest BCUT2D eigenvalue weighted by Crippen LogP contribution is -2.42. The largest absolute Gasteiger partial charge is 0.452 e. The topological polar surface area (TPSA) is 84.7 Å². The summed E-state index contributed by atoms with van der Waals surface area (Å²) in [4.78, 5) is 31.5. The number of aliphatic hydroxyl groups is 1. The summed E-state index contributed by atoms with van der Waals surface area (Å²) in [6.07, 6.45) is 3.39. The van der Waals surface area contributed by atoms with E-state index < -0.39 is 18.1 Å². The molecule has 2 aromatic rings. The molecule has 0 saturated heterocycles. The van der Waals surface area contributed by atoms with Crippen LogP contribution in [0.4, 0.5) is 19.3 Å². The van der Waals surface area contributed by atoms with Gasteiger partial charge in [-0.2, -0.15) is 0 Å². The van der Waals surface area contributed by atoms with Gasteiger partial charge in [-0.3, -0.25) is 9.69 Å². The van der Waals surface area contributed by atoms with Crippen molar-refractivity contribution in [3.05, 3.63) is 23.5 Å². The minimum absolute atomic E-state index is 0.0143. The Hall–Kier alpha value is -2.55. The van der Waals surface area contributed by atoms with E-state index >= 15 is 0 Å². The van der Waals surface area contributed by atoms with E-state index in [1.54, 1.807) is 11.8 Å². The van der Waals surface area contributed by atoms with E-state index in [0.717, 1.165) is 54.4 Å². The smallest absolute Gasteiger partial charge is 0.414 e. The Bertz CT molecular complexity index is 1190. The number of aromatic nitrogens is 2. The Morgan fingerprint density at radius 2 is 1.89 bits per heavy atom. The first-order chi connectivity index (χ1) is 17.6. The molecule has 1 amide bonds. The zero-order valence-electron chi connectivity index (χ0n) is 21.9. The summed E-state index contributed by atoms with van der Waals surface area (Å²) >= 11 is 0. The van der Waals surface area contributed by atoms with E-state index in [0.29, 0.717) is 12.2 Å². The van der Waals surface area contributed by atoms with Gasteiger partial charge in [0.25, 0.3) is 0 Å². The Kier molecular flexibility index (Phi) is 7.02. The summed E-state index contributed by atoms with van der Waals surface area (Å²) in [5.41, 5.74) is 3.29. The zero-order valence-corrected chi connectivity index (χ0v) is 21.9. The van der Waals surface area contributed by atoms with Crippen molar-refractivity contribution in [1.82, 2.24) is 9.55 Å². The highest BCUT2D eigenvalue weighted by Crippen LogP contribution is 2.45. The number of aliphatic hydroxyl groups excluding tert-OH is 1. The first-order valence-electron chi connectivity index (χ1n) is 13.6. The monoisotopic (exact) mass is 517 g/mol. The third-order valence-electron chi connectivity index (χ3n) is 8.91. The second kappa shape index (κ2) is 9.97. The van der Waals surface area contributed by atoms with Crippen molar-refractivity contribution >= 4 is 28.6 Å². The van der Waals surface area contributed by atoms with Crippen LogP contribution in [0.5, 0.6) is 0 Å². The average Bonchev–Trinajstić information content (AvgIpc) is 3.27. The van der Waals surface area contributed by atoms with Gasteiger partial charge in [0.2, 0.25) is 5.92 Å². The number of anilines is 1. The van der Waals surface area contributed by atoms with Gasteiger partial charge >= 0.3 is 6.09 Å². The fourth-order valence-electron chi connectivity index (χ4n) is 6.74. The van der Waals surface area contributed by atoms with E-state index in [1.165, 1.54) is 7.11 Å². The number of rotatable bonds is 4. The van der Waals surface area contributed by atoms with Crippen molar-refractivity contribution in [3.63, 3.8) is 0 Å². The molecule has 2 heterocycles. The number of hydrogen-bond acceptors (Lipinski definition) is 5. The number of imidazole rings is 1. The molecule has 1 aliphatic heterocycles. The molecule has 9 heteroatoms. The van der Waals surface area contributed by atoms with Crippen molar-refractivity contribution in [2.45, 2.75) is 102 Å². The molecule has 3 aliphatic rings. The highest BCUT2D eigenvalue weighted by Gasteiger charge is 2.40. The van der Waals surface area contributed by atoms with Crippen molar-refractivity contribution in [3.8, 4) is 0 Å². The second-order valence-electron chi connectivity index (χ2n) is 11.3. The van der Waals surface area contributed by atoms with Crippen LogP contribution in [0, 0.1) is 11.8 Å². The number of carbonyl (C=O) groups excluding carboxylic acids is 2. The number of nitrogens with zero attached hydrogens (tertiary/aromatic N) is 3. The van der Waals surface area contributed by atoms with Gasteiger partial charge in [-0.05, 0) is 76.8 Å². The van der Waals surface area contributed by atoms with Crippen molar-refractivity contribution in [2.75, 3.05) is 12.0 Å². The third kappa shape index (κ3) is 4.75. The standard InChI is InChI=1S/C28H37F2N3O4/c1-16-7-8-21-22(32(16)27(36)37-3)9-10-23-24(21)31-26(25(35)18-11-13-28(29,30)14-12-18)33(23)20-6-4-5-19(15-20)17(2)34/h9-10,16,18-20,25,35H,4-8,11-15H2,1-3H3/t16-,19+,20+,25+/m0/s1. The minimum Gasteiger partial charge on any atom is -0.452 e. The maximum Gasteiger partial charge on any atom is 0.414 e. The molecule has 5 rings (SSSR count). The summed E-state index contributed by atoms with van der Waals surface area (Å²) in [5.74, 6) is -2.35. The minimum atomic E-state index is -2.68. The van der Waals surface area contributed by atoms with Gasteiger partial charge in [0.15, 0.2) is 0 Å². The van der Waals surface area contributed by atoms with Crippen LogP contribution >= 0.6 is 0 Å². The van der Waals surface area contributed by atoms with Gasteiger partial charge in [-0.25, -0.2) is 18.6 Å². The number of aryl methyl sites for hydroxylation is 1. The lowest BCUT2D eigenvalue weighted by atomic mass is 9.81. The lowest BCUT2D eigenvalue weighted by Gasteiger charge is -2.35. The quantitative estimate of drug-likeness (QED) is 0.528. The van der Waals surface area contributed by atoms with Crippen LogP contribution in [0.2, 0.25) is 0 Å². The van der Waals surface area contributed by atoms with Crippen molar-refractivity contribution in [2.24, 2.45) is 11.8 Å². The molecular formula is C28H37F2N3O4. The molecule has 1 aromatic heterocycles. The van der Waals surface area contributed by atoms with Gasteiger partial charge in [0, 0.05) is 36.4 Å². The van der Waals surface area contributed by atoms with Crippen LogP contribution in [0.1, 0.15) is 95.2 Å². The highest BCUT2D eigenvalue weighted by atomic mass is 19.3. The van der Waals surface area contributed by atoms with E-state index in [-0.39, 0.29) is 55.4 Å². The first kappa shape index (κ1) is 26.1. The van der Waals surface area contributed by atoms with E-state index in [1.807, 2.05) is 19.1 Å². The highest BCUT2D eigenvalue weighted by molar-refractivity contribution is 5.95. The first-order valence-corrected chi connectivity index (χ1v) is 13.6. The number of benzene rings is 1. The number of ketones is 1. The molecule has 0 unspecified atom stereocenters. The Balaban J connectivity index is 1.62. The van der Waals surface area contributed by atoms with E-state index in [4.69, 9.17) is 9.72 Å². The van der Waals surface area contributed by atoms with E-state index in [9.17, 15) is 23.5 Å².